The highest BCUT2D eigenvalue weighted by molar-refractivity contribution is 6.41. The third kappa shape index (κ3) is 3.72. The van der Waals surface area contributed by atoms with Gasteiger partial charge in [0, 0.05) is 10.6 Å². The van der Waals surface area contributed by atoms with E-state index in [0.717, 1.165) is 0 Å². The SMILES string of the molecule is FC(F)(F)Oc1cccc(-c2c(Cl)cc(Cl)cc2Cl)c1. The van der Waals surface area contributed by atoms with Gasteiger partial charge in [-0.2, -0.15) is 0 Å². The second kappa shape index (κ2) is 5.72. The molecule has 7 heteroatoms. The lowest BCUT2D eigenvalue weighted by Crippen LogP contribution is -2.17. The van der Waals surface area contributed by atoms with E-state index in [9.17, 15) is 13.2 Å². The molecule has 0 aliphatic rings. The van der Waals surface area contributed by atoms with E-state index >= 15 is 0 Å². The average molecular weight is 342 g/mol. The van der Waals surface area contributed by atoms with E-state index < -0.39 is 6.36 Å². The van der Waals surface area contributed by atoms with Gasteiger partial charge in [-0.05, 0) is 29.8 Å². The summed E-state index contributed by atoms with van der Waals surface area (Å²) in [5, 5.41) is 0.824. The molecule has 0 spiro atoms. The summed E-state index contributed by atoms with van der Waals surface area (Å²) in [6, 6.07) is 8.30. The molecule has 0 amide bonds. The van der Waals surface area contributed by atoms with Crippen LogP contribution in [0.15, 0.2) is 36.4 Å². The first-order valence-electron chi connectivity index (χ1n) is 5.27. The fourth-order valence-corrected chi connectivity index (χ4v) is 2.70. The van der Waals surface area contributed by atoms with Crippen LogP contribution in [0.2, 0.25) is 15.1 Å². The molecule has 106 valence electrons. The van der Waals surface area contributed by atoms with E-state index in [-0.39, 0.29) is 15.8 Å². The molecule has 2 aromatic rings. The maximum atomic E-state index is 12.2. The maximum Gasteiger partial charge on any atom is 0.573 e. The highest BCUT2D eigenvalue weighted by Gasteiger charge is 2.31. The Morgan fingerprint density at radius 3 is 2.05 bits per heavy atom. The van der Waals surface area contributed by atoms with Crippen molar-refractivity contribution in [2.45, 2.75) is 6.36 Å². The summed E-state index contributed by atoms with van der Waals surface area (Å²) >= 11 is 17.8. The van der Waals surface area contributed by atoms with Crippen LogP contribution in [0, 0.1) is 0 Å². The van der Waals surface area contributed by atoms with E-state index in [2.05, 4.69) is 4.74 Å². The Balaban J connectivity index is 2.47. The molecule has 0 bridgehead atoms. The fraction of sp³-hybridized carbons (Fsp3) is 0.0769. The second-order valence-electron chi connectivity index (χ2n) is 3.82. The van der Waals surface area contributed by atoms with E-state index in [1.54, 1.807) is 6.07 Å². The predicted octanol–water partition coefficient (Wildman–Crippen LogP) is 6.21. The van der Waals surface area contributed by atoms with Crippen LogP contribution >= 0.6 is 34.8 Å². The van der Waals surface area contributed by atoms with Crippen LogP contribution < -0.4 is 4.74 Å². The molecule has 0 saturated carbocycles. The maximum absolute atomic E-state index is 12.2. The minimum atomic E-state index is -4.76. The Labute approximate surface area is 127 Å². The molecule has 0 aliphatic carbocycles. The van der Waals surface area contributed by atoms with Gasteiger partial charge in [-0.1, -0.05) is 46.9 Å². The van der Waals surface area contributed by atoms with Crippen LogP contribution in [0.5, 0.6) is 5.75 Å². The number of rotatable bonds is 2. The lowest BCUT2D eigenvalue weighted by molar-refractivity contribution is -0.274. The summed E-state index contributed by atoms with van der Waals surface area (Å²) in [7, 11) is 0. The van der Waals surface area contributed by atoms with Crippen LogP contribution in [-0.2, 0) is 0 Å². The fourth-order valence-electron chi connectivity index (χ4n) is 1.67. The Kier molecular flexibility index (Phi) is 4.37. The van der Waals surface area contributed by atoms with Crippen molar-refractivity contribution >= 4 is 34.8 Å². The van der Waals surface area contributed by atoms with Crippen molar-refractivity contribution in [3.63, 3.8) is 0 Å². The Bertz CT molecular complexity index is 618. The van der Waals surface area contributed by atoms with Crippen molar-refractivity contribution < 1.29 is 17.9 Å². The van der Waals surface area contributed by atoms with Gasteiger partial charge in [-0.25, -0.2) is 0 Å². The number of hydrogen-bond donors (Lipinski definition) is 0. The quantitative estimate of drug-likeness (QED) is 0.631. The van der Waals surface area contributed by atoms with E-state index in [1.165, 1.54) is 30.3 Å². The molecule has 0 radical (unpaired) electrons. The zero-order valence-corrected chi connectivity index (χ0v) is 11.9. The third-order valence-corrected chi connectivity index (χ3v) is 3.18. The Morgan fingerprint density at radius 1 is 0.900 bits per heavy atom. The van der Waals surface area contributed by atoms with E-state index in [0.29, 0.717) is 16.1 Å². The highest BCUT2D eigenvalue weighted by atomic mass is 35.5. The largest absolute Gasteiger partial charge is 0.573 e. The Morgan fingerprint density at radius 2 is 1.50 bits per heavy atom. The molecular formula is C13H6Cl3F3O. The molecule has 0 heterocycles. The van der Waals surface area contributed by atoms with Crippen molar-refractivity contribution in [1.82, 2.24) is 0 Å². The summed E-state index contributed by atoms with van der Waals surface area (Å²) in [6.07, 6.45) is -4.76. The van der Waals surface area contributed by atoms with Crippen molar-refractivity contribution in [3.8, 4) is 16.9 Å². The van der Waals surface area contributed by atoms with Gasteiger partial charge < -0.3 is 4.74 Å². The van der Waals surface area contributed by atoms with Crippen molar-refractivity contribution in [3.05, 3.63) is 51.5 Å². The zero-order chi connectivity index (χ0) is 14.9. The van der Waals surface area contributed by atoms with Crippen LogP contribution in [0.3, 0.4) is 0 Å². The molecule has 2 rings (SSSR count). The molecule has 0 aromatic heterocycles. The van der Waals surface area contributed by atoms with Gasteiger partial charge in [0.1, 0.15) is 5.75 Å². The normalized spacial score (nSPS) is 11.5. The summed E-state index contributed by atoms with van der Waals surface area (Å²) in [5.41, 5.74) is 0.795. The van der Waals surface area contributed by atoms with Gasteiger partial charge in [-0.15, -0.1) is 13.2 Å². The van der Waals surface area contributed by atoms with Gasteiger partial charge in [0.2, 0.25) is 0 Å². The first kappa shape index (κ1) is 15.3. The van der Waals surface area contributed by atoms with Gasteiger partial charge in [0.15, 0.2) is 0 Å². The molecule has 0 unspecified atom stereocenters. The van der Waals surface area contributed by atoms with Crippen LogP contribution in [-0.4, -0.2) is 6.36 Å². The summed E-state index contributed by atoms with van der Waals surface area (Å²) < 4.78 is 40.4. The Hall–Kier alpha value is -1.10. The number of hydrogen-bond acceptors (Lipinski definition) is 1. The van der Waals surface area contributed by atoms with Crippen molar-refractivity contribution in [2.75, 3.05) is 0 Å². The third-order valence-electron chi connectivity index (χ3n) is 2.36. The monoisotopic (exact) mass is 340 g/mol. The van der Waals surface area contributed by atoms with Gasteiger partial charge in [0.05, 0.1) is 10.0 Å². The van der Waals surface area contributed by atoms with Gasteiger partial charge in [0.25, 0.3) is 0 Å². The van der Waals surface area contributed by atoms with E-state index in [4.69, 9.17) is 34.8 Å². The molecule has 0 atom stereocenters. The predicted molar refractivity (Wildman–Crippen MR) is 73.6 cm³/mol. The average Bonchev–Trinajstić information content (AvgIpc) is 2.25. The van der Waals surface area contributed by atoms with E-state index in [1.807, 2.05) is 0 Å². The number of alkyl halides is 3. The molecule has 1 nitrogen and oxygen atoms in total. The molecule has 20 heavy (non-hydrogen) atoms. The molecule has 0 aliphatic heterocycles. The highest BCUT2D eigenvalue weighted by Crippen LogP contribution is 2.38. The summed E-state index contributed by atoms with van der Waals surface area (Å²) in [4.78, 5) is 0. The molecule has 0 N–H and O–H groups in total. The molecule has 2 aromatic carbocycles. The number of ether oxygens (including phenoxy) is 1. The molecular weight excluding hydrogens is 335 g/mol. The molecule has 0 fully saturated rings. The minimum Gasteiger partial charge on any atom is -0.406 e. The standard InChI is InChI=1S/C13H6Cl3F3O/c14-8-5-10(15)12(11(16)6-8)7-2-1-3-9(4-7)20-13(17,18)19/h1-6H. The minimum absolute atomic E-state index is 0.242. The van der Waals surface area contributed by atoms with Crippen LogP contribution in [0.4, 0.5) is 13.2 Å². The van der Waals surface area contributed by atoms with Crippen LogP contribution in [0.1, 0.15) is 0 Å². The van der Waals surface area contributed by atoms with Gasteiger partial charge >= 0.3 is 6.36 Å². The number of benzene rings is 2. The lowest BCUT2D eigenvalue weighted by Gasteiger charge is -2.12. The first-order chi connectivity index (χ1) is 9.26. The zero-order valence-electron chi connectivity index (χ0n) is 9.64. The lowest BCUT2D eigenvalue weighted by atomic mass is 10.1. The second-order valence-corrected chi connectivity index (χ2v) is 5.07. The van der Waals surface area contributed by atoms with Crippen molar-refractivity contribution in [1.29, 1.82) is 0 Å². The molecule has 0 saturated heterocycles. The topological polar surface area (TPSA) is 9.23 Å². The summed E-state index contributed by atoms with van der Waals surface area (Å²) in [6.45, 7) is 0. The smallest absolute Gasteiger partial charge is 0.406 e. The summed E-state index contributed by atoms with van der Waals surface area (Å²) in [5.74, 6) is -0.350. The van der Waals surface area contributed by atoms with Gasteiger partial charge in [-0.3, -0.25) is 0 Å². The van der Waals surface area contributed by atoms with Crippen molar-refractivity contribution in [2.24, 2.45) is 0 Å². The first-order valence-corrected chi connectivity index (χ1v) is 6.40. The number of halogens is 6. The van der Waals surface area contributed by atoms with Crippen LogP contribution in [0.25, 0.3) is 11.1 Å².